The van der Waals surface area contributed by atoms with Crippen molar-refractivity contribution in [1.29, 1.82) is 0 Å². The highest BCUT2D eigenvalue weighted by molar-refractivity contribution is 5.81. The highest BCUT2D eigenvalue weighted by atomic mass is 16.6. The molecule has 0 spiro atoms. The summed E-state index contributed by atoms with van der Waals surface area (Å²) in [4.78, 5) is 25.7. The molecule has 59 heavy (non-hydrogen) atoms. The van der Waals surface area contributed by atoms with Crippen LogP contribution in [0.5, 0.6) is 0 Å². The van der Waals surface area contributed by atoms with Crippen LogP contribution in [0.25, 0.3) is 0 Å². The number of rotatable bonds is 18. The Morgan fingerprint density at radius 3 is 1.69 bits per heavy atom. The third-order valence-electron chi connectivity index (χ3n) is 9.26. The Labute approximate surface area is 348 Å². The number of hydrogen-bond acceptors (Lipinski definition) is 9. The van der Waals surface area contributed by atoms with Crippen LogP contribution < -0.4 is 5.32 Å². The van der Waals surface area contributed by atoms with Gasteiger partial charge < -0.3 is 38.5 Å². The van der Waals surface area contributed by atoms with E-state index in [1.165, 1.54) is 0 Å². The molecular formula is C49H55NO9. The molecule has 4 aromatic carbocycles. The molecule has 4 aromatic rings. The number of carbonyl (C=O) groups excluding carboxylic acids is 2. The summed E-state index contributed by atoms with van der Waals surface area (Å²) in [6.07, 6.45) is -3.65. The molecule has 1 aliphatic heterocycles. The molecule has 310 valence electrons. The standard InChI is InChI=1S/C49H55NO9/c1-6-8-29-41(50-48(52)59-49(3,4)5)47(51)57-34-40-28-19-18-27-39(40)33-53-35-43-45(55-31-37-23-14-10-15-24-37)46(56-32-38-25-16-11-17-26-38)44(42(58-43)20-7-2)54-30-36-21-12-9-13-22-36/h9-19,21-28,41-46H,29-35H2,1-5H3,(H,50,52)/t41?,42-,43?,44?,45+,46?/m0/s1. The Balaban J connectivity index is 1.33. The van der Waals surface area contributed by atoms with Crippen molar-refractivity contribution in [2.75, 3.05) is 6.61 Å². The van der Waals surface area contributed by atoms with Crippen LogP contribution in [-0.4, -0.2) is 60.8 Å². The average Bonchev–Trinajstić information content (AvgIpc) is 3.23. The van der Waals surface area contributed by atoms with Crippen molar-refractivity contribution in [2.45, 2.75) is 116 Å². The van der Waals surface area contributed by atoms with Gasteiger partial charge in [0.05, 0.1) is 33.0 Å². The molecule has 1 amide bonds. The minimum atomic E-state index is -1.01. The molecule has 0 aliphatic carbocycles. The molecule has 0 bridgehead atoms. The summed E-state index contributed by atoms with van der Waals surface area (Å²) in [6.45, 7) is 9.94. The molecule has 10 nitrogen and oxygen atoms in total. The zero-order valence-electron chi connectivity index (χ0n) is 34.6. The molecule has 5 rings (SSSR count). The number of alkyl carbamates (subject to hydrolysis) is 1. The Kier molecular flexibility index (Phi) is 17.6. The minimum absolute atomic E-state index is 0.0445. The van der Waals surface area contributed by atoms with E-state index in [9.17, 15) is 9.59 Å². The van der Waals surface area contributed by atoms with Gasteiger partial charge in [0.15, 0.2) is 0 Å². The molecule has 1 N–H and O–H groups in total. The fourth-order valence-corrected chi connectivity index (χ4v) is 6.40. The number of hydrogen-bond donors (Lipinski definition) is 1. The maximum absolute atomic E-state index is 13.2. The second kappa shape index (κ2) is 23.2. The predicted octanol–water partition coefficient (Wildman–Crippen LogP) is 8.10. The number of benzene rings is 4. The third kappa shape index (κ3) is 14.7. The molecule has 4 unspecified atom stereocenters. The van der Waals surface area contributed by atoms with E-state index in [1.54, 1.807) is 34.6 Å². The highest BCUT2D eigenvalue weighted by Crippen LogP contribution is 2.31. The van der Waals surface area contributed by atoms with Crippen molar-refractivity contribution in [3.05, 3.63) is 143 Å². The summed E-state index contributed by atoms with van der Waals surface area (Å²) in [6, 6.07) is 36.4. The van der Waals surface area contributed by atoms with Gasteiger partial charge in [-0.2, -0.15) is 0 Å². The summed E-state index contributed by atoms with van der Waals surface area (Å²) in [7, 11) is 0. The maximum Gasteiger partial charge on any atom is 0.408 e. The number of nitrogens with one attached hydrogen (secondary N) is 1. The summed E-state index contributed by atoms with van der Waals surface area (Å²) >= 11 is 0. The van der Waals surface area contributed by atoms with E-state index in [0.717, 1.165) is 27.8 Å². The Bertz CT molecular complexity index is 2010. The lowest BCUT2D eigenvalue weighted by Gasteiger charge is -2.45. The van der Waals surface area contributed by atoms with E-state index in [4.69, 9.17) is 33.2 Å². The second-order valence-corrected chi connectivity index (χ2v) is 15.0. The zero-order valence-corrected chi connectivity index (χ0v) is 34.6. The van der Waals surface area contributed by atoms with E-state index >= 15 is 0 Å². The lowest BCUT2D eigenvalue weighted by Crippen LogP contribution is -2.60. The van der Waals surface area contributed by atoms with Crippen molar-refractivity contribution < 1.29 is 42.7 Å². The topological polar surface area (TPSA) is 111 Å². The molecule has 0 aromatic heterocycles. The zero-order chi connectivity index (χ0) is 41.9. The van der Waals surface area contributed by atoms with Crippen molar-refractivity contribution in [2.24, 2.45) is 0 Å². The first-order valence-electron chi connectivity index (χ1n) is 19.9. The van der Waals surface area contributed by atoms with Gasteiger partial charge in [-0.25, -0.2) is 9.59 Å². The van der Waals surface area contributed by atoms with Gasteiger partial charge in [-0.1, -0.05) is 121 Å². The van der Waals surface area contributed by atoms with E-state index in [2.05, 4.69) is 29.0 Å². The van der Waals surface area contributed by atoms with Crippen LogP contribution in [-0.2, 0) is 71.0 Å². The minimum Gasteiger partial charge on any atom is -0.459 e. The van der Waals surface area contributed by atoms with Gasteiger partial charge in [0.2, 0.25) is 0 Å². The van der Waals surface area contributed by atoms with Crippen LogP contribution in [0.1, 0.15) is 68.9 Å². The molecule has 1 fully saturated rings. The van der Waals surface area contributed by atoms with Gasteiger partial charge in [-0.05, 0) is 62.4 Å². The molecule has 1 heterocycles. The van der Waals surface area contributed by atoms with E-state index < -0.39 is 54.2 Å². The van der Waals surface area contributed by atoms with Gasteiger partial charge in [0.25, 0.3) is 0 Å². The summed E-state index contributed by atoms with van der Waals surface area (Å²) in [5.41, 5.74) is 3.85. The van der Waals surface area contributed by atoms with Crippen LogP contribution in [0.2, 0.25) is 0 Å². The lowest BCUT2D eigenvalue weighted by molar-refractivity contribution is -0.261. The number of carbonyl (C=O) groups is 2. The van der Waals surface area contributed by atoms with Crippen molar-refractivity contribution in [3.63, 3.8) is 0 Å². The Morgan fingerprint density at radius 2 is 1.17 bits per heavy atom. The molecule has 0 radical (unpaired) electrons. The normalized spacial score (nSPS) is 19.2. The van der Waals surface area contributed by atoms with Crippen LogP contribution in [0, 0.1) is 23.7 Å². The van der Waals surface area contributed by atoms with Gasteiger partial charge in [-0.15, -0.1) is 17.8 Å². The predicted molar refractivity (Wildman–Crippen MR) is 224 cm³/mol. The molecular weight excluding hydrogens is 747 g/mol. The van der Waals surface area contributed by atoms with Crippen LogP contribution in [0.3, 0.4) is 0 Å². The Morgan fingerprint density at radius 1 is 0.661 bits per heavy atom. The molecule has 1 aliphatic rings. The summed E-state index contributed by atoms with van der Waals surface area (Å²) < 4.78 is 44.3. The first kappa shape index (κ1) is 44.6. The SMILES string of the molecule is CC#CCC(NC(=O)OC(C)(C)C)C(=O)OCc1ccccc1COCC1O[C@@H](C#CC)C(OCc2ccccc2)C(OCc2ccccc2)[C@@H]1OCc1ccccc1. The molecule has 6 atom stereocenters. The number of ether oxygens (including phenoxy) is 7. The van der Waals surface area contributed by atoms with Crippen LogP contribution >= 0.6 is 0 Å². The second-order valence-electron chi connectivity index (χ2n) is 15.0. The first-order chi connectivity index (χ1) is 28.6. The average molecular weight is 802 g/mol. The van der Waals surface area contributed by atoms with Crippen LogP contribution in [0.15, 0.2) is 115 Å². The van der Waals surface area contributed by atoms with E-state index in [-0.39, 0.29) is 26.2 Å². The Hall–Kier alpha value is -5.46. The van der Waals surface area contributed by atoms with Crippen LogP contribution in [0.4, 0.5) is 4.79 Å². The van der Waals surface area contributed by atoms with Gasteiger partial charge in [0.1, 0.15) is 48.8 Å². The van der Waals surface area contributed by atoms with Gasteiger partial charge in [0, 0.05) is 6.42 Å². The highest BCUT2D eigenvalue weighted by Gasteiger charge is 2.48. The van der Waals surface area contributed by atoms with Gasteiger partial charge in [-0.3, -0.25) is 0 Å². The van der Waals surface area contributed by atoms with Crippen molar-refractivity contribution in [3.8, 4) is 23.7 Å². The lowest BCUT2D eigenvalue weighted by atomic mass is 9.94. The first-order valence-corrected chi connectivity index (χ1v) is 19.9. The number of esters is 1. The smallest absolute Gasteiger partial charge is 0.408 e. The monoisotopic (exact) mass is 801 g/mol. The summed E-state index contributed by atoms with van der Waals surface area (Å²) in [5.74, 6) is 11.2. The fourth-order valence-electron chi connectivity index (χ4n) is 6.40. The molecule has 0 saturated carbocycles. The van der Waals surface area contributed by atoms with E-state index in [1.807, 2.05) is 115 Å². The maximum atomic E-state index is 13.2. The fraction of sp³-hybridized carbons (Fsp3) is 0.388. The number of amides is 1. The van der Waals surface area contributed by atoms with E-state index in [0.29, 0.717) is 19.8 Å². The quantitative estimate of drug-likeness (QED) is 0.0789. The summed E-state index contributed by atoms with van der Waals surface area (Å²) in [5, 5.41) is 2.59. The largest absolute Gasteiger partial charge is 0.459 e. The van der Waals surface area contributed by atoms with Gasteiger partial charge >= 0.3 is 12.1 Å². The molecule has 10 heteroatoms. The molecule has 1 saturated heterocycles. The van der Waals surface area contributed by atoms with Crippen molar-refractivity contribution >= 4 is 12.1 Å². The third-order valence-corrected chi connectivity index (χ3v) is 9.26. The van der Waals surface area contributed by atoms with Crippen molar-refractivity contribution in [1.82, 2.24) is 5.32 Å².